The standard InChI is InChI=1S/C13H16O2/c1-2-12(14)15-11-6-5-10-8-3-4-9(7-8)13(10)11/h2-4,8-11,13H,1,5-7H2/t8-,9+,10+,11+,13+/m0/s1. The molecule has 0 aromatic heterocycles. The van der Waals surface area contributed by atoms with Gasteiger partial charge in [0.25, 0.3) is 0 Å². The highest BCUT2D eigenvalue weighted by atomic mass is 16.5. The van der Waals surface area contributed by atoms with E-state index >= 15 is 0 Å². The lowest BCUT2D eigenvalue weighted by molar-refractivity contribution is -0.145. The maximum Gasteiger partial charge on any atom is 0.330 e. The Kier molecular flexibility index (Phi) is 1.98. The summed E-state index contributed by atoms with van der Waals surface area (Å²) < 4.78 is 5.44. The third-order valence-corrected chi connectivity index (χ3v) is 4.34. The lowest BCUT2D eigenvalue weighted by Gasteiger charge is -2.25. The van der Waals surface area contributed by atoms with Crippen LogP contribution in [0.2, 0.25) is 0 Å². The number of carbonyl (C=O) groups is 1. The molecular weight excluding hydrogens is 188 g/mol. The van der Waals surface area contributed by atoms with E-state index in [4.69, 9.17) is 4.74 Å². The Hall–Kier alpha value is -1.05. The fourth-order valence-corrected chi connectivity index (χ4v) is 3.80. The molecule has 2 bridgehead atoms. The summed E-state index contributed by atoms with van der Waals surface area (Å²) in [5, 5.41) is 0. The van der Waals surface area contributed by atoms with Gasteiger partial charge in [-0.15, -0.1) is 0 Å². The maximum absolute atomic E-state index is 11.2. The molecule has 0 aromatic carbocycles. The van der Waals surface area contributed by atoms with E-state index in [0.717, 1.165) is 18.3 Å². The summed E-state index contributed by atoms with van der Waals surface area (Å²) in [6.07, 6.45) is 9.68. The Morgan fingerprint density at radius 2 is 2.13 bits per heavy atom. The number of rotatable bonds is 2. The van der Waals surface area contributed by atoms with Gasteiger partial charge in [-0.25, -0.2) is 4.79 Å². The molecule has 0 aromatic rings. The Labute approximate surface area is 90.0 Å². The molecule has 3 aliphatic carbocycles. The third-order valence-electron chi connectivity index (χ3n) is 4.34. The first kappa shape index (κ1) is 9.20. The van der Waals surface area contributed by atoms with Gasteiger partial charge in [0.15, 0.2) is 0 Å². The highest BCUT2D eigenvalue weighted by molar-refractivity contribution is 5.81. The molecule has 2 saturated carbocycles. The second-order valence-corrected chi connectivity index (χ2v) is 4.95. The van der Waals surface area contributed by atoms with Crippen molar-refractivity contribution in [3.05, 3.63) is 24.8 Å². The van der Waals surface area contributed by atoms with Crippen LogP contribution < -0.4 is 0 Å². The second kappa shape index (κ2) is 3.22. The number of hydrogen-bond acceptors (Lipinski definition) is 2. The molecule has 0 saturated heterocycles. The zero-order chi connectivity index (χ0) is 10.4. The van der Waals surface area contributed by atoms with E-state index in [1.807, 2.05) is 0 Å². The van der Waals surface area contributed by atoms with Gasteiger partial charge in [0.2, 0.25) is 0 Å². The molecule has 0 N–H and O–H groups in total. The van der Waals surface area contributed by atoms with Gasteiger partial charge in [-0.3, -0.25) is 0 Å². The molecule has 3 aliphatic rings. The van der Waals surface area contributed by atoms with Crippen molar-refractivity contribution >= 4 is 5.97 Å². The van der Waals surface area contributed by atoms with E-state index < -0.39 is 0 Å². The van der Waals surface area contributed by atoms with Crippen molar-refractivity contribution in [3.63, 3.8) is 0 Å². The number of ether oxygens (including phenoxy) is 1. The van der Waals surface area contributed by atoms with Crippen LogP contribution in [0.25, 0.3) is 0 Å². The Morgan fingerprint density at radius 1 is 1.33 bits per heavy atom. The van der Waals surface area contributed by atoms with Gasteiger partial charge in [-0.05, 0) is 37.0 Å². The molecule has 15 heavy (non-hydrogen) atoms. The van der Waals surface area contributed by atoms with Crippen molar-refractivity contribution in [2.24, 2.45) is 23.7 Å². The zero-order valence-electron chi connectivity index (χ0n) is 8.76. The Bertz CT molecular complexity index is 331. The van der Waals surface area contributed by atoms with E-state index in [2.05, 4.69) is 18.7 Å². The van der Waals surface area contributed by atoms with E-state index in [1.54, 1.807) is 0 Å². The van der Waals surface area contributed by atoms with Crippen molar-refractivity contribution < 1.29 is 9.53 Å². The van der Waals surface area contributed by atoms with Crippen LogP contribution in [0.5, 0.6) is 0 Å². The predicted octanol–water partition coefficient (Wildman–Crippen LogP) is 2.32. The lowest BCUT2D eigenvalue weighted by Crippen LogP contribution is -2.27. The topological polar surface area (TPSA) is 26.3 Å². The van der Waals surface area contributed by atoms with Crippen LogP contribution >= 0.6 is 0 Å². The Balaban J connectivity index is 1.75. The molecule has 2 nitrogen and oxygen atoms in total. The molecule has 2 heteroatoms. The molecule has 0 unspecified atom stereocenters. The van der Waals surface area contributed by atoms with Crippen molar-refractivity contribution in [1.82, 2.24) is 0 Å². The van der Waals surface area contributed by atoms with Crippen LogP contribution in [-0.2, 0) is 9.53 Å². The van der Waals surface area contributed by atoms with Crippen molar-refractivity contribution in [1.29, 1.82) is 0 Å². The monoisotopic (exact) mass is 204 g/mol. The van der Waals surface area contributed by atoms with Gasteiger partial charge in [0.05, 0.1) is 0 Å². The number of carbonyl (C=O) groups excluding carboxylic acids is 1. The van der Waals surface area contributed by atoms with Gasteiger partial charge in [-0.2, -0.15) is 0 Å². The van der Waals surface area contributed by atoms with Gasteiger partial charge in [0.1, 0.15) is 6.10 Å². The fourth-order valence-electron chi connectivity index (χ4n) is 3.80. The van der Waals surface area contributed by atoms with Crippen LogP contribution in [0.4, 0.5) is 0 Å². The van der Waals surface area contributed by atoms with Crippen LogP contribution in [0.1, 0.15) is 19.3 Å². The summed E-state index contributed by atoms with van der Waals surface area (Å²) in [6, 6.07) is 0. The minimum atomic E-state index is -0.257. The molecule has 0 amide bonds. The molecular formula is C13H16O2. The summed E-state index contributed by atoms with van der Waals surface area (Å²) in [5.41, 5.74) is 0. The lowest BCUT2D eigenvalue weighted by atomic mass is 9.85. The highest BCUT2D eigenvalue weighted by Crippen LogP contribution is 2.56. The first-order chi connectivity index (χ1) is 7.29. The summed E-state index contributed by atoms with van der Waals surface area (Å²) >= 11 is 0. The molecule has 80 valence electrons. The van der Waals surface area contributed by atoms with E-state index in [0.29, 0.717) is 11.8 Å². The fraction of sp³-hybridized carbons (Fsp3) is 0.615. The normalized spacial score (nSPS) is 45.5. The highest BCUT2D eigenvalue weighted by Gasteiger charge is 2.52. The molecule has 0 spiro atoms. The molecule has 2 fully saturated rings. The van der Waals surface area contributed by atoms with E-state index in [9.17, 15) is 4.79 Å². The van der Waals surface area contributed by atoms with Crippen molar-refractivity contribution in [3.8, 4) is 0 Å². The SMILES string of the molecule is C=CC(=O)O[C@@H]1CC[C@H]2[C@H]1[C@@H]1C=C[C@H]2C1. The quantitative estimate of drug-likeness (QED) is 0.392. The number of hydrogen-bond donors (Lipinski definition) is 0. The molecule has 0 heterocycles. The third kappa shape index (κ3) is 1.27. The van der Waals surface area contributed by atoms with Crippen LogP contribution in [-0.4, -0.2) is 12.1 Å². The van der Waals surface area contributed by atoms with Gasteiger partial charge in [-0.1, -0.05) is 18.7 Å². The van der Waals surface area contributed by atoms with Crippen LogP contribution in [0, 0.1) is 23.7 Å². The molecule has 3 rings (SSSR count). The van der Waals surface area contributed by atoms with Gasteiger partial charge in [0, 0.05) is 12.0 Å². The average Bonchev–Trinajstić information content (AvgIpc) is 2.89. The van der Waals surface area contributed by atoms with Crippen molar-refractivity contribution in [2.75, 3.05) is 0 Å². The average molecular weight is 204 g/mol. The largest absolute Gasteiger partial charge is 0.459 e. The summed E-state index contributed by atoms with van der Waals surface area (Å²) in [4.78, 5) is 11.2. The number of fused-ring (bicyclic) bond motifs is 5. The van der Waals surface area contributed by atoms with Crippen molar-refractivity contribution in [2.45, 2.75) is 25.4 Å². The molecule has 5 atom stereocenters. The first-order valence-electron chi connectivity index (χ1n) is 5.81. The molecule has 0 aliphatic heterocycles. The van der Waals surface area contributed by atoms with Gasteiger partial charge < -0.3 is 4.74 Å². The van der Waals surface area contributed by atoms with Crippen LogP contribution in [0.3, 0.4) is 0 Å². The molecule has 0 radical (unpaired) electrons. The van der Waals surface area contributed by atoms with E-state index in [-0.39, 0.29) is 12.1 Å². The maximum atomic E-state index is 11.2. The minimum Gasteiger partial charge on any atom is -0.459 e. The first-order valence-corrected chi connectivity index (χ1v) is 5.81. The summed E-state index contributed by atoms with van der Waals surface area (Å²) in [5.74, 6) is 2.57. The minimum absolute atomic E-state index is 0.153. The number of esters is 1. The predicted molar refractivity (Wildman–Crippen MR) is 57.0 cm³/mol. The number of allylic oxidation sites excluding steroid dienone is 2. The van der Waals surface area contributed by atoms with E-state index in [1.165, 1.54) is 18.9 Å². The van der Waals surface area contributed by atoms with Gasteiger partial charge >= 0.3 is 5.97 Å². The smallest absolute Gasteiger partial charge is 0.330 e. The summed E-state index contributed by atoms with van der Waals surface area (Å²) in [7, 11) is 0. The second-order valence-electron chi connectivity index (χ2n) is 4.95. The summed E-state index contributed by atoms with van der Waals surface area (Å²) in [6.45, 7) is 3.45. The zero-order valence-corrected chi connectivity index (χ0v) is 8.76. The van der Waals surface area contributed by atoms with Crippen LogP contribution in [0.15, 0.2) is 24.8 Å². The Morgan fingerprint density at radius 3 is 2.93 bits per heavy atom.